The van der Waals surface area contributed by atoms with Crippen molar-refractivity contribution >= 4 is 27.6 Å². The quantitative estimate of drug-likeness (QED) is 0.687. The first-order chi connectivity index (χ1) is 15.2. The Morgan fingerprint density at radius 3 is 2.00 bits per heavy atom. The highest BCUT2D eigenvalue weighted by Crippen LogP contribution is 2.19. The number of hydrogen-bond donors (Lipinski definition) is 1. The number of amides is 3. The summed E-state index contributed by atoms with van der Waals surface area (Å²) in [5.74, 6) is -1.01. The topological polar surface area (TPSA) is 113 Å². The van der Waals surface area contributed by atoms with Crippen LogP contribution >= 0.6 is 0 Å². The Balaban J connectivity index is 1.88. The third kappa shape index (κ3) is 5.08. The van der Waals surface area contributed by atoms with Crippen LogP contribution in [0.5, 0.6) is 5.75 Å². The summed E-state index contributed by atoms with van der Waals surface area (Å²) < 4.78 is 31.7. The van der Waals surface area contributed by atoms with Crippen LogP contribution in [0.1, 0.15) is 17.3 Å². The first-order valence-electron chi connectivity index (χ1n) is 10.0. The van der Waals surface area contributed by atoms with E-state index in [0.29, 0.717) is 18.8 Å². The van der Waals surface area contributed by atoms with Gasteiger partial charge in [0.2, 0.25) is 21.1 Å². The standard InChI is InChI=1S/C22H25N3O6S/c1-16(26)24-12-14-25(15-13-24)22(28)21(32(29,30)19-6-4-3-5-7-19)23-20(27)17-8-10-18(31-2)11-9-17/h3-11,21H,12-15H2,1-2H3,(H,23,27). The molecule has 0 spiro atoms. The van der Waals surface area contributed by atoms with Gasteiger partial charge in [0.1, 0.15) is 5.75 Å². The number of carbonyl (C=O) groups is 3. The van der Waals surface area contributed by atoms with E-state index in [0.717, 1.165) is 0 Å². The SMILES string of the molecule is COc1ccc(C(=O)NC(C(=O)N2CCN(C(C)=O)CC2)S(=O)(=O)c2ccccc2)cc1. The lowest BCUT2D eigenvalue weighted by atomic mass is 10.2. The van der Waals surface area contributed by atoms with E-state index < -0.39 is 27.0 Å². The maximum Gasteiger partial charge on any atom is 0.261 e. The largest absolute Gasteiger partial charge is 0.497 e. The lowest BCUT2D eigenvalue weighted by molar-refractivity contribution is -0.138. The predicted octanol–water partition coefficient (Wildman–Crippen LogP) is 0.916. The fourth-order valence-electron chi connectivity index (χ4n) is 3.37. The molecule has 3 amide bonds. The summed E-state index contributed by atoms with van der Waals surface area (Å²) in [6.07, 6.45) is 0. The number of ether oxygens (including phenoxy) is 1. The summed E-state index contributed by atoms with van der Waals surface area (Å²) in [7, 11) is -2.74. The van der Waals surface area contributed by atoms with Gasteiger partial charge in [-0.3, -0.25) is 14.4 Å². The molecule has 0 bridgehead atoms. The monoisotopic (exact) mass is 459 g/mol. The van der Waals surface area contributed by atoms with Gasteiger partial charge < -0.3 is 19.9 Å². The smallest absolute Gasteiger partial charge is 0.261 e. The van der Waals surface area contributed by atoms with E-state index in [1.807, 2.05) is 0 Å². The van der Waals surface area contributed by atoms with Crippen molar-refractivity contribution in [3.8, 4) is 5.75 Å². The van der Waals surface area contributed by atoms with Crippen LogP contribution in [-0.2, 0) is 19.4 Å². The molecule has 1 fully saturated rings. The number of piperazine rings is 1. The second kappa shape index (κ2) is 9.82. The fraction of sp³-hybridized carbons (Fsp3) is 0.318. The van der Waals surface area contributed by atoms with Crippen molar-refractivity contribution in [3.05, 3.63) is 60.2 Å². The average molecular weight is 460 g/mol. The number of nitrogens with zero attached hydrogens (tertiary/aromatic N) is 2. The molecule has 1 unspecified atom stereocenters. The van der Waals surface area contributed by atoms with Crippen LogP contribution in [0.3, 0.4) is 0 Å². The van der Waals surface area contributed by atoms with Crippen molar-refractivity contribution in [2.45, 2.75) is 17.2 Å². The van der Waals surface area contributed by atoms with Crippen molar-refractivity contribution in [2.75, 3.05) is 33.3 Å². The molecule has 0 radical (unpaired) electrons. The third-order valence-electron chi connectivity index (χ3n) is 5.26. The second-order valence-electron chi connectivity index (χ2n) is 7.27. The Labute approximate surface area is 186 Å². The van der Waals surface area contributed by atoms with Gasteiger partial charge in [-0.1, -0.05) is 18.2 Å². The fourth-order valence-corrected chi connectivity index (χ4v) is 4.86. The number of rotatable bonds is 6. The van der Waals surface area contributed by atoms with Crippen molar-refractivity contribution in [1.29, 1.82) is 0 Å². The summed E-state index contributed by atoms with van der Waals surface area (Å²) in [6, 6.07) is 13.6. The molecule has 3 rings (SSSR count). The van der Waals surface area contributed by atoms with Gasteiger partial charge in [0.25, 0.3) is 11.8 Å². The molecule has 2 aromatic carbocycles. The van der Waals surface area contributed by atoms with Crippen molar-refractivity contribution in [1.82, 2.24) is 15.1 Å². The zero-order chi connectivity index (χ0) is 23.3. The van der Waals surface area contributed by atoms with Crippen LogP contribution in [0.15, 0.2) is 59.5 Å². The summed E-state index contributed by atoms with van der Waals surface area (Å²) >= 11 is 0. The first kappa shape index (κ1) is 23.3. The van der Waals surface area contributed by atoms with E-state index in [2.05, 4.69) is 5.32 Å². The van der Waals surface area contributed by atoms with E-state index in [1.54, 1.807) is 35.2 Å². The lowest BCUT2D eigenvalue weighted by Crippen LogP contribution is -2.57. The third-order valence-corrected chi connectivity index (χ3v) is 7.13. The molecule has 1 aliphatic heterocycles. The highest BCUT2D eigenvalue weighted by atomic mass is 32.2. The molecule has 1 N–H and O–H groups in total. The molecule has 2 aromatic rings. The van der Waals surface area contributed by atoms with E-state index in [-0.39, 0.29) is 29.5 Å². The molecule has 32 heavy (non-hydrogen) atoms. The molecule has 10 heteroatoms. The molecule has 1 saturated heterocycles. The molecular formula is C22H25N3O6S. The molecule has 0 saturated carbocycles. The lowest BCUT2D eigenvalue weighted by Gasteiger charge is -2.36. The van der Waals surface area contributed by atoms with Crippen LogP contribution in [0, 0.1) is 0 Å². The number of benzene rings is 2. The summed E-state index contributed by atoms with van der Waals surface area (Å²) in [6.45, 7) is 2.39. The Kier molecular flexibility index (Phi) is 7.14. The Morgan fingerprint density at radius 2 is 1.47 bits per heavy atom. The molecule has 9 nitrogen and oxygen atoms in total. The van der Waals surface area contributed by atoms with E-state index in [1.165, 1.54) is 43.2 Å². The highest BCUT2D eigenvalue weighted by Gasteiger charge is 2.39. The Bertz CT molecular complexity index is 1080. The minimum absolute atomic E-state index is 0.0734. The number of nitrogens with one attached hydrogen (secondary N) is 1. The van der Waals surface area contributed by atoms with Gasteiger partial charge in [-0.05, 0) is 36.4 Å². The Hall–Kier alpha value is -3.40. The van der Waals surface area contributed by atoms with Gasteiger partial charge in [0.05, 0.1) is 12.0 Å². The molecular weight excluding hydrogens is 434 g/mol. The number of methoxy groups -OCH3 is 1. The molecule has 0 aliphatic carbocycles. The maximum absolute atomic E-state index is 13.3. The summed E-state index contributed by atoms with van der Waals surface area (Å²) in [5, 5.41) is 0.599. The first-order valence-corrected chi connectivity index (χ1v) is 11.6. The predicted molar refractivity (Wildman–Crippen MR) is 117 cm³/mol. The number of carbonyl (C=O) groups excluding carboxylic acids is 3. The van der Waals surface area contributed by atoms with Gasteiger partial charge in [0.15, 0.2) is 0 Å². The zero-order valence-electron chi connectivity index (χ0n) is 17.9. The molecule has 170 valence electrons. The second-order valence-corrected chi connectivity index (χ2v) is 9.30. The highest BCUT2D eigenvalue weighted by molar-refractivity contribution is 7.92. The summed E-state index contributed by atoms with van der Waals surface area (Å²) in [4.78, 5) is 40.5. The minimum atomic E-state index is -4.22. The summed E-state index contributed by atoms with van der Waals surface area (Å²) in [5.41, 5.74) is 0.188. The molecule has 0 aromatic heterocycles. The average Bonchev–Trinajstić information content (AvgIpc) is 2.82. The molecule has 1 aliphatic rings. The normalized spacial score (nSPS) is 15.1. The van der Waals surface area contributed by atoms with Crippen LogP contribution in [-0.4, -0.2) is 74.6 Å². The van der Waals surface area contributed by atoms with Gasteiger partial charge in [0, 0.05) is 38.7 Å². The van der Waals surface area contributed by atoms with Gasteiger partial charge >= 0.3 is 0 Å². The van der Waals surface area contributed by atoms with Crippen LogP contribution < -0.4 is 10.1 Å². The van der Waals surface area contributed by atoms with Crippen molar-refractivity contribution < 1.29 is 27.5 Å². The molecule has 1 heterocycles. The molecule has 1 atom stereocenters. The van der Waals surface area contributed by atoms with E-state index in [4.69, 9.17) is 4.74 Å². The van der Waals surface area contributed by atoms with Gasteiger partial charge in [-0.25, -0.2) is 8.42 Å². The van der Waals surface area contributed by atoms with E-state index >= 15 is 0 Å². The minimum Gasteiger partial charge on any atom is -0.497 e. The van der Waals surface area contributed by atoms with Crippen molar-refractivity contribution in [2.24, 2.45) is 0 Å². The van der Waals surface area contributed by atoms with Crippen LogP contribution in [0.4, 0.5) is 0 Å². The zero-order valence-corrected chi connectivity index (χ0v) is 18.7. The van der Waals surface area contributed by atoms with E-state index in [9.17, 15) is 22.8 Å². The maximum atomic E-state index is 13.3. The van der Waals surface area contributed by atoms with Crippen LogP contribution in [0.25, 0.3) is 0 Å². The van der Waals surface area contributed by atoms with Gasteiger partial charge in [-0.2, -0.15) is 0 Å². The van der Waals surface area contributed by atoms with Crippen molar-refractivity contribution in [3.63, 3.8) is 0 Å². The number of hydrogen-bond acceptors (Lipinski definition) is 6. The Morgan fingerprint density at radius 1 is 0.906 bits per heavy atom. The van der Waals surface area contributed by atoms with Gasteiger partial charge in [-0.15, -0.1) is 0 Å². The van der Waals surface area contributed by atoms with Crippen LogP contribution in [0.2, 0.25) is 0 Å². The number of sulfone groups is 1.